The van der Waals surface area contributed by atoms with Crippen molar-refractivity contribution in [2.75, 3.05) is 5.32 Å². The standard InChI is InChI=1S/C25H18Cl2N6O2/c26-18-8-5-11-21(24(18)27)30-22(34)14-33-13-15(31-32-33)12-28-25(35)23-16-6-1-3-9-19(16)29-20-10-4-2-7-17(20)23/h1-11,13H,12,14H2,(H,28,35)(H,30,34). The maximum Gasteiger partial charge on any atom is 0.252 e. The lowest BCUT2D eigenvalue weighted by Gasteiger charge is -2.10. The molecule has 2 amide bonds. The Labute approximate surface area is 209 Å². The molecule has 0 aliphatic carbocycles. The van der Waals surface area contributed by atoms with Crippen LogP contribution in [-0.2, 0) is 17.9 Å². The van der Waals surface area contributed by atoms with E-state index in [2.05, 4.69) is 25.9 Å². The molecule has 10 heteroatoms. The van der Waals surface area contributed by atoms with Crippen molar-refractivity contribution >= 4 is 62.5 Å². The van der Waals surface area contributed by atoms with Gasteiger partial charge in [-0.3, -0.25) is 9.59 Å². The van der Waals surface area contributed by atoms with E-state index in [9.17, 15) is 9.59 Å². The molecular formula is C25H18Cl2N6O2. The SMILES string of the molecule is O=C(Cn1cc(CNC(=O)c2c3ccccc3nc3ccccc23)nn1)Nc1cccc(Cl)c1Cl. The Morgan fingerprint density at radius 1 is 0.886 bits per heavy atom. The molecule has 3 aromatic carbocycles. The van der Waals surface area contributed by atoms with Crippen LogP contribution in [0.1, 0.15) is 16.1 Å². The van der Waals surface area contributed by atoms with Crippen molar-refractivity contribution in [2.24, 2.45) is 0 Å². The highest BCUT2D eigenvalue weighted by atomic mass is 35.5. The number of anilines is 1. The molecule has 2 heterocycles. The molecule has 5 aromatic rings. The summed E-state index contributed by atoms with van der Waals surface area (Å²) in [6.45, 7) is 0.0645. The minimum Gasteiger partial charge on any atom is -0.346 e. The van der Waals surface area contributed by atoms with E-state index >= 15 is 0 Å². The van der Waals surface area contributed by atoms with Crippen LogP contribution in [0.2, 0.25) is 10.0 Å². The molecule has 8 nitrogen and oxygen atoms in total. The van der Waals surface area contributed by atoms with Gasteiger partial charge >= 0.3 is 0 Å². The summed E-state index contributed by atoms with van der Waals surface area (Å²) >= 11 is 12.1. The average Bonchev–Trinajstić information content (AvgIpc) is 3.31. The molecule has 174 valence electrons. The first kappa shape index (κ1) is 22.8. The molecule has 35 heavy (non-hydrogen) atoms. The second-order valence-electron chi connectivity index (χ2n) is 7.76. The van der Waals surface area contributed by atoms with E-state index in [4.69, 9.17) is 23.2 Å². The van der Waals surface area contributed by atoms with Gasteiger partial charge in [-0.2, -0.15) is 0 Å². The predicted molar refractivity (Wildman–Crippen MR) is 136 cm³/mol. The van der Waals surface area contributed by atoms with E-state index in [1.807, 2.05) is 48.5 Å². The minimum atomic E-state index is -0.343. The summed E-state index contributed by atoms with van der Waals surface area (Å²) in [5, 5.41) is 15.8. The number of hydrogen-bond acceptors (Lipinski definition) is 5. The molecule has 0 saturated heterocycles. The molecule has 0 aliphatic heterocycles. The molecule has 2 aromatic heterocycles. The lowest BCUT2D eigenvalue weighted by molar-refractivity contribution is -0.116. The molecule has 0 bridgehead atoms. The first-order chi connectivity index (χ1) is 17.0. The molecule has 5 rings (SSSR count). The quantitative estimate of drug-likeness (QED) is 0.321. The highest BCUT2D eigenvalue weighted by Gasteiger charge is 2.16. The van der Waals surface area contributed by atoms with Crippen LogP contribution < -0.4 is 10.6 Å². The molecule has 0 unspecified atom stereocenters. The third-order valence-corrected chi connectivity index (χ3v) is 6.18. The number of carbonyl (C=O) groups is 2. The van der Waals surface area contributed by atoms with Gasteiger partial charge in [0.05, 0.1) is 45.1 Å². The zero-order valence-corrected chi connectivity index (χ0v) is 19.7. The smallest absolute Gasteiger partial charge is 0.252 e. The molecule has 2 N–H and O–H groups in total. The first-order valence-corrected chi connectivity index (χ1v) is 11.4. The van der Waals surface area contributed by atoms with Crippen LogP contribution in [0, 0.1) is 0 Å². The number of amides is 2. The second kappa shape index (κ2) is 9.69. The Morgan fingerprint density at radius 3 is 2.29 bits per heavy atom. The number of carbonyl (C=O) groups excluding carboxylic acids is 2. The van der Waals surface area contributed by atoms with Gasteiger partial charge < -0.3 is 10.6 Å². The van der Waals surface area contributed by atoms with Crippen LogP contribution in [-0.4, -0.2) is 31.8 Å². The van der Waals surface area contributed by atoms with E-state index in [0.717, 1.165) is 21.8 Å². The van der Waals surface area contributed by atoms with Gasteiger partial charge in [0.2, 0.25) is 5.91 Å². The van der Waals surface area contributed by atoms with Crippen molar-refractivity contribution in [3.8, 4) is 0 Å². The Kier molecular flexibility index (Phi) is 6.31. The first-order valence-electron chi connectivity index (χ1n) is 10.7. The number of fused-ring (bicyclic) bond motifs is 2. The number of halogens is 2. The van der Waals surface area contributed by atoms with Gasteiger partial charge in [0, 0.05) is 10.8 Å². The molecule has 0 atom stereocenters. The van der Waals surface area contributed by atoms with E-state index in [1.54, 1.807) is 24.4 Å². The zero-order chi connectivity index (χ0) is 24.4. The molecular weight excluding hydrogens is 487 g/mol. The molecule has 0 spiro atoms. The fourth-order valence-corrected chi connectivity index (χ4v) is 4.13. The van der Waals surface area contributed by atoms with Crippen LogP contribution in [0.4, 0.5) is 5.69 Å². The van der Waals surface area contributed by atoms with Crippen LogP contribution in [0.15, 0.2) is 72.9 Å². The van der Waals surface area contributed by atoms with Crippen LogP contribution in [0.3, 0.4) is 0 Å². The maximum absolute atomic E-state index is 13.2. The Bertz CT molecular complexity index is 1530. The van der Waals surface area contributed by atoms with Crippen molar-refractivity contribution < 1.29 is 9.59 Å². The Hall–Kier alpha value is -4.01. The summed E-state index contributed by atoms with van der Waals surface area (Å²) in [5.41, 5.74) is 2.96. The van der Waals surface area contributed by atoms with E-state index in [-0.39, 0.29) is 29.9 Å². The topological polar surface area (TPSA) is 102 Å². The average molecular weight is 505 g/mol. The number of nitrogens with one attached hydrogen (secondary N) is 2. The number of aromatic nitrogens is 4. The van der Waals surface area contributed by atoms with Crippen molar-refractivity contribution in [2.45, 2.75) is 13.1 Å². The zero-order valence-electron chi connectivity index (χ0n) is 18.2. The van der Waals surface area contributed by atoms with Crippen molar-refractivity contribution in [3.63, 3.8) is 0 Å². The highest BCUT2D eigenvalue weighted by Crippen LogP contribution is 2.29. The lowest BCUT2D eigenvalue weighted by atomic mass is 10.0. The summed E-state index contributed by atoms with van der Waals surface area (Å²) < 4.78 is 1.38. The van der Waals surface area contributed by atoms with Gasteiger partial charge in [0.15, 0.2) is 0 Å². The van der Waals surface area contributed by atoms with Crippen LogP contribution in [0.5, 0.6) is 0 Å². The van der Waals surface area contributed by atoms with Gasteiger partial charge in [-0.1, -0.05) is 70.9 Å². The number of pyridine rings is 1. The van der Waals surface area contributed by atoms with Crippen molar-refractivity contribution in [1.82, 2.24) is 25.3 Å². The van der Waals surface area contributed by atoms with Crippen molar-refractivity contribution in [1.29, 1.82) is 0 Å². The number of hydrogen-bond donors (Lipinski definition) is 2. The largest absolute Gasteiger partial charge is 0.346 e. The van der Waals surface area contributed by atoms with E-state index in [1.165, 1.54) is 4.68 Å². The Balaban J connectivity index is 1.28. The monoisotopic (exact) mass is 504 g/mol. The summed E-state index contributed by atoms with van der Waals surface area (Å²) in [6, 6.07) is 20.0. The number of para-hydroxylation sites is 2. The lowest BCUT2D eigenvalue weighted by Crippen LogP contribution is -2.23. The van der Waals surface area contributed by atoms with E-state index < -0.39 is 0 Å². The fourth-order valence-electron chi connectivity index (χ4n) is 3.78. The van der Waals surface area contributed by atoms with Crippen LogP contribution >= 0.6 is 23.2 Å². The Morgan fingerprint density at radius 2 is 1.57 bits per heavy atom. The maximum atomic E-state index is 13.2. The number of benzene rings is 3. The van der Waals surface area contributed by atoms with Gasteiger partial charge in [-0.25, -0.2) is 9.67 Å². The van der Waals surface area contributed by atoms with Crippen molar-refractivity contribution in [3.05, 3.63) is 94.2 Å². The minimum absolute atomic E-state index is 0.0799. The second-order valence-corrected chi connectivity index (χ2v) is 8.55. The molecule has 0 saturated carbocycles. The summed E-state index contributed by atoms with van der Waals surface area (Å²) in [5.74, 6) is -0.591. The van der Waals surface area contributed by atoms with Crippen LogP contribution in [0.25, 0.3) is 21.8 Å². The summed E-state index contributed by atoms with van der Waals surface area (Å²) in [6.07, 6.45) is 1.60. The summed E-state index contributed by atoms with van der Waals surface area (Å²) in [4.78, 5) is 30.2. The van der Waals surface area contributed by atoms with E-state index in [0.29, 0.717) is 22.0 Å². The third kappa shape index (κ3) is 4.80. The molecule has 0 aliphatic rings. The molecule has 0 fully saturated rings. The molecule has 0 radical (unpaired) electrons. The normalized spacial score (nSPS) is 11.0. The van der Waals surface area contributed by atoms with Gasteiger partial charge in [-0.15, -0.1) is 5.10 Å². The fraction of sp³-hybridized carbons (Fsp3) is 0.0800. The van der Waals surface area contributed by atoms with Gasteiger partial charge in [0.1, 0.15) is 12.2 Å². The van der Waals surface area contributed by atoms with Gasteiger partial charge in [-0.05, 0) is 24.3 Å². The number of rotatable bonds is 6. The predicted octanol–water partition coefficient (Wildman–Crippen LogP) is 4.86. The van der Waals surface area contributed by atoms with Gasteiger partial charge in [0.25, 0.3) is 5.91 Å². The third-order valence-electron chi connectivity index (χ3n) is 5.36. The highest BCUT2D eigenvalue weighted by molar-refractivity contribution is 6.44. The summed E-state index contributed by atoms with van der Waals surface area (Å²) in [7, 11) is 0. The number of nitrogens with zero attached hydrogens (tertiary/aromatic N) is 4.